The van der Waals surface area contributed by atoms with Crippen LogP contribution in [-0.4, -0.2) is 12.5 Å². The number of amides is 1. The van der Waals surface area contributed by atoms with Crippen molar-refractivity contribution in [2.75, 3.05) is 6.54 Å². The summed E-state index contributed by atoms with van der Waals surface area (Å²) >= 11 is 0. The number of hydrogen-bond donors (Lipinski definition) is 1. The standard InChI is InChI=1S/C10H17NO/c1-4-5-8-11-10(12)7-6-9(2)3/h9H,6-8H2,1-3H3,(H,11,12). The number of carbonyl (C=O) groups excluding carboxylic acids is 1. The average Bonchev–Trinajstić information content (AvgIpc) is 2.01. The summed E-state index contributed by atoms with van der Waals surface area (Å²) in [5.41, 5.74) is 0. The molecule has 0 radical (unpaired) electrons. The zero-order chi connectivity index (χ0) is 9.40. The Balaban J connectivity index is 3.38. The largest absolute Gasteiger partial charge is 0.345 e. The molecule has 0 aromatic heterocycles. The quantitative estimate of drug-likeness (QED) is 0.632. The maximum atomic E-state index is 11.0. The summed E-state index contributed by atoms with van der Waals surface area (Å²) < 4.78 is 0. The number of hydrogen-bond acceptors (Lipinski definition) is 1. The molecule has 0 aliphatic heterocycles. The maximum Gasteiger partial charge on any atom is 0.220 e. The van der Waals surface area contributed by atoms with Crippen LogP contribution in [0.3, 0.4) is 0 Å². The molecule has 0 aliphatic rings. The Hall–Kier alpha value is -0.970. The molecule has 2 nitrogen and oxygen atoms in total. The van der Waals surface area contributed by atoms with E-state index in [2.05, 4.69) is 31.0 Å². The van der Waals surface area contributed by atoms with Crippen molar-refractivity contribution in [3.63, 3.8) is 0 Å². The minimum absolute atomic E-state index is 0.103. The van der Waals surface area contributed by atoms with Gasteiger partial charge in [0.25, 0.3) is 0 Å². The van der Waals surface area contributed by atoms with Gasteiger partial charge < -0.3 is 5.32 Å². The molecule has 0 unspecified atom stereocenters. The Morgan fingerprint density at radius 2 is 2.17 bits per heavy atom. The van der Waals surface area contributed by atoms with Crippen LogP contribution < -0.4 is 5.32 Å². The Morgan fingerprint density at radius 3 is 2.67 bits per heavy atom. The van der Waals surface area contributed by atoms with Crippen LogP contribution in [-0.2, 0) is 4.79 Å². The van der Waals surface area contributed by atoms with E-state index < -0.39 is 0 Å². The van der Waals surface area contributed by atoms with E-state index in [1.54, 1.807) is 6.92 Å². The van der Waals surface area contributed by atoms with E-state index >= 15 is 0 Å². The van der Waals surface area contributed by atoms with Gasteiger partial charge >= 0.3 is 0 Å². The van der Waals surface area contributed by atoms with Crippen LogP contribution in [0.25, 0.3) is 0 Å². The SMILES string of the molecule is CC#CCNC(=O)CCC(C)C. The lowest BCUT2D eigenvalue weighted by molar-refractivity contribution is -0.121. The number of nitrogens with one attached hydrogen (secondary N) is 1. The molecule has 0 saturated heterocycles. The van der Waals surface area contributed by atoms with Gasteiger partial charge in [-0.15, -0.1) is 5.92 Å². The van der Waals surface area contributed by atoms with Gasteiger partial charge in [0, 0.05) is 6.42 Å². The molecule has 0 atom stereocenters. The van der Waals surface area contributed by atoms with Crippen LogP contribution >= 0.6 is 0 Å². The molecule has 2 heteroatoms. The molecular formula is C10H17NO. The maximum absolute atomic E-state index is 11.0. The van der Waals surface area contributed by atoms with Crippen LogP contribution in [0.2, 0.25) is 0 Å². The third-order valence-electron chi connectivity index (χ3n) is 1.50. The average molecular weight is 167 g/mol. The summed E-state index contributed by atoms with van der Waals surface area (Å²) in [4.78, 5) is 11.0. The van der Waals surface area contributed by atoms with Gasteiger partial charge in [0.05, 0.1) is 6.54 Å². The zero-order valence-corrected chi connectivity index (χ0v) is 8.11. The molecule has 0 heterocycles. The zero-order valence-electron chi connectivity index (χ0n) is 8.11. The monoisotopic (exact) mass is 167 g/mol. The first-order valence-electron chi connectivity index (χ1n) is 4.33. The molecule has 68 valence electrons. The lowest BCUT2D eigenvalue weighted by Gasteiger charge is -2.03. The smallest absolute Gasteiger partial charge is 0.220 e. The third kappa shape index (κ3) is 7.14. The molecular weight excluding hydrogens is 150 g/mol. The summed E-state index contributed by atoms with van der Waals surface area (Å²) in [5.74, 6) is 6.20. The highest BCUT2D eigenvalue weighted by Crippen LogP contribution is 2.02. The second-order valence-electron chi connectivity index (χ2n) is 3.14. The van der Waals surface area contributed by atoms with E-state index in [9.17, 15) is 4.79 Å². The van der Waals surface area contributed by atoms with Gasteiger partial charge in [-0.3, -0.25) is 4.79 Å². The molecule has 0 rings (SSSR count). The first-order valence-corrected chi connectivity index (χ1v) is 4.33. The molecule has 0 spiro atoms. The summed E-state index contributed by atoms with van der Waals surface area (Å²) in [7, 11) is 0. The van der Waals surface area contributed by atoms with Gasteiger partial charge in [0.15, 0.2) is 0 Å². The van der Waals surface area contributed by atoms with Gasteiger partial charge in [-0.05, 0) is 19.3 Å². The van der Waals surface area contributed by atoms with Gasteiger partial charge in [-0.1, -0.05) is 19.8 Å². The first kappa shape index (κ1) is 11.0. The highest BCUT2D eigenvalue weighted by atomic mass is 16.1. The lowest BCUT2D eigenvalue weighted by Crippen LogP contribution is -2.23. The Morgan fingerprint density at radius 1 is 1.50 bits per heavy atom. The van der Waals surface area contributed by atoms with Crippen molar-refractivity contribution in [3.8, 4) is 11.8 Å². The molecule has 0 aromatic carbocycles. The fourth-order valence-electron chi connectivity index (χ4n) is 0.739. The fraction of sp³-hybridized carbons (Fsp3) is 0.700. The van der Waals surface area contributed by atoms with Gasteiger partial charge in [-0.25, -0.2) is 0 Å². The van der Waals surface area contributed by atoms with Crippen molar-refractivity contribution in [1.29, 1.82) is 0 Å². The van der Waals surface area contributed by atoms with Crippen LogP contribution in [0.15, 0.2) is 0 Å². The summed E-state index contributed by atoms with van der Waals surface area (Å²) in [6.45, 7) is 6.46. The molecule has 0 saturated carbocycles. The lowest BCUT2D eigenvalue weighted by atomic mass is 10.1. The highest BCUT2D eigenvalue weighted by molar-refractivity contribution is 5.76. The molecule has 12 heavy (non-hydrogen) atoms. The minimum atomic E-state index is 0.103. The van der Waals surface area contributed by atoms with Crippen LogP contribution in [0, 0.1) is 17.8 Å². The van der Waals surface area contributed by atoms with E-state index in [0.717, 1.165) is 6.42 Å². The van der Waals surface area contributed by atoms with E-state index in [0.29, 0.717) is 18.9 Å². The molecule has 1 amide bonds. The van der Waals surface area contributed by atoms with Crippen molar-refractivity contribution in [1.82, 2.24) is 5.32 Å². The first-order chi connectivity index (χ1) is 5.66. The Labute approximate surface area is 74.7 Å². The van der Waals surface area contributed by atoms with E-state index in [1.165, 1.54) is 0 Å². The van der Waals surface area contributed by atoms with Crippen LogP contribution in [0.4, 0.5) is 0 Å². The predicted octanol–water partition coefficient (Wildman–Crippen LogP) is 1.56. The number of carbonyl (C=O) groups is 1. The minimum Gasteiger partial charge on any atom is -0.345 e. The van der Waals surface area contributed by atoms with Crippen molar-refractivity contribution in [2.24, 2.45) is 5.92 Å². The molecule has 0 bridgehead atoms. The normalized spacial score (nSPS) is 9.00. The molecule has 0 aromatic rings. The molecule has 0 aliphatic carbocycles. The summed E-state index contributed by atoms with van der Waals surface area (Å²) in [5, 5.41) is 2.73. The fourth-order valence-corrected chi connectivity index (χ4v) is 0.739. The van der Waals surface area contributed by atoms with E-state index in [-0.39, 0.29) is 5.91 Å². The van der Waals surface area contributed by atoms with Crippen molar-refractivity contribution in [2.45, 2.75) is 33.6 Å². The Bertz CT molecular complexity index is 186. The second-order valence-corrected chi connectivity index (χ2v) is 3.14. The van der Waals surface area contributed by atoms with Gasteiger partial charge in [-0.2, -0.15) is 0 Å². The third-order valence-corrected chi connectivity index (χ3v) is 1.50. The molecule has 0 fully saturated rings. The van der Waals surface area contributed by atoms with E-state index in [1.807, 2.05) is 0 Å². The highest BCUT2D eigenvalue weighted by Gasteiger charge is 2.00. The Kier molecular flexibility index (Phi) is 6.18. The number of rotatable bonds is 4. The van der Waals surface area contributed by atoms with E-state index in [4.69, 9.17) is 0 Å². The summed E-state index contributed by atoms with van der Waals surface area (Å²) in [6, 6.07) is 0. The van der Waals surface area contributed by atoms with Crippen molar-refractivity contribution < 1.29 is 4.79 Å². The van der Waals surface area contributed by atoms with Crippen molar-refractivity contribution >= 4 is 5.91 Å². The molecule has 1 N–H and O–H groups in total. The summed E-state index contributed by atoms with van der Waals surface area (Å²) in [6.07, 6.45) is 1.56. The van der Waals surface area contributed by atoms with Crippen molar-refractivity contribution in [3.05, 3.63) is 0 Å². The second kappa shape index (κ2) is 6.72. The predicted molar refractivity (Wildman–Crippen MR) is 50.5 cm³/mol. The van der Waals surface area contributed by atoms with Gasteiger partial charge in [0.2, 0.25) is 5.91 Å². The van der Waals surface area contributed by atoms with Crippen LogP contribution in [0.1, 0.15) is 33.6 Å². The van der Waals surface area contributed by atoms with Crippen LogP contribution in [0.5, 0.6) is 0 Å². The topological polar surface area (TPSA) is 29.1 Å². The van der Waals surface area contributed by atoms with Gasteiger partial charge in [0.1, 0.15) is 0 Å².